The SMILES string of the molecule is CC(C)CC(C)(C(=O)OC(C(C)C)C(C)C)C(C)(C)C. The number of esters is 1. The molecule has 0 heterocycles. The van der Waals surface area contributed by atoms with Gasteiger partial charge in [-0.1, -0.05) is 62.3 Å². The molecule has 0 aromatic heterocycles. The molecule has 0 N–H and O–H groups in total. The molecule has 0 fully saturated rings. The van der Waals surface area contributed by atoms with Gasteiger partial charge in [0.05, 0.1) is 5.41 Å². The van der Waals surface area contributed by atoms with Crippen molar-refractivity contribution >= 4 is 5.97 Å². The molecular formula is C18H36O2. The Hall–Kier alpha value is -0.530. The van der Waals surface area contributed by atoms with Gasteiger partial charge in [-0.2, -0.15) is 0 Å². The molecule has 0 aromatic carbocycles. The van der Waals surface area contributed by atoms with Crippen molar-refractivity contribution < 1.29 is 9.53 Å². The maximum atomic E-state index is 12.8. The second-order valence-electron chi connectivity index (χ2n) is 8.54. The minimum Gasteiger partial charge on any atom is -0.461 e. The van der Waals surface area contributed by atoms with Gasteiger partial charge in [0, 0.05) is 0 Å². The first-order chi connectivity index (χ1) is 8.83. The van der Waals surface area contributed by atoms with Gasteiger partial charge < -0.3 is 4.74 Å². The Balaban J connectivity index is 5.26. The van der Waals surface area contributed by atoms with Crippen LogP contribution in [-0.2, 0) is 9.53 Å². The molecule has 0 radical (unpaired) electrons. The fraction of sp³-hybridized carbons (Fsp3) is 0.944. The molecule has 0 amide bonds. The van der Waals surface area contributed by atoms with Crippen molar-refractivity contribution in [2.45, 2.75) is 81.8 Å². The first-order valence-electron chi connectivity index (χ1n) is 8.04. The van der Waals surface area contributed by atoms with E-state index in [0.29, 0.717) is 17.8 Å². The largest absolute Gasteiger partial charge is 0.461 e. The molecule has 0 aliphatic carbocycles. The maximum absolute atomic E-state index is 12.8. The standard InChI is InChI=1S/C18H36O2/c1-12(2)11-18(10,17(7,8)9)16(19)20-15(13(3)4)14(5)6/h12-15H,11H2,1-10H3. The predicted molar refractivity (Wildman–Crippen MR) is 86.6 cm³/mol. The van der Waals surface area contributed by atoms with Crippen LogP contribution in [0.5, 0.6) is 0 Å². The first-order valence-corrected chi connectivity index (χ1v) is 8.04. The zero-order chi connectivity index (χ0) is 16.3. The van der Waals surface area contributed by atoms with Gasteiger partial charge in [0.15, 0.2) is 0 Å². The van der Waals surface area contributed by atoms with Gasteiger partial charge in [-0.25, -0.2) is 0 Å². The average Bonchev–Trinajstić information content (AvgIpc) is 2.21. The fourth-order valence-corrected chi connectivity index (χ4v) is 2.81. The molecule has 0 saturated heterocycles. The Bertz CT molecular complexity index is 302. The third kappa shape index (κ3) is 4.79. The summed E-state index contributed by atoms with van der Waals surface area (Å²) >= 11 is 0. The molecule has 120 valence electrons. The van der Waals surface area contributed by atoms with Gasteiger partial charge in [-0.15, -0.1) is 0 Å². The molecule has 0 spiro atoms. The smallest absolute Gasteiger partial charge is 0.312 e. The molecule has 0 aliphatic rings. The van der Waals surface area contributed by atoms with E-state index in [-0.39, 0.29) is 17.5 Å². The van der Waals surface area contributed by atoms with E-state index in [0.717, 1.165) is 6.42 Å². The Labute approximate surface area is 126 Å². The van der Waals surface area contributed by atoms with Crippen molar-refractivity contribution in [1.82, 2.24) is 0 Å². The van der Waals surface area contributed by atoms with Crippen molar-refractivity contribution in [1.29, 1.82) is 0 Å². The first kappa shape index (κ1) is 19.5. The highest BCUT2D eigenvalue weighted by Crippen LogP contribution is 2.45. The number of ether oxygens (including phenoxy) is 1. The normalized spacial score (nSPS) is 16.1. The minimum absolute atomic E-state index is 0.00339. The van der Waals surface area contributed by atoms with E-state index in [1.165, 1.54) is 0 Å². The molecule has 2 heteroatoms. The second kappa shape index (κ2) is 6.95. The highest BCUT2D eigenvalue weighted by molar-refractivity contribution is 5.77. The van der Waals surface area contributed by atoms with Crippen LogP contribution in [0.15, 0.2) is 0 Å². The molecule has 2 nitrogen and oxygen atoms in total. The van der Waals surface area contributed by atoms with Crippen LogP contribution in [0.1, 0.15) is 75.7 Å². The number of hydrogen-bond acceptors (Lipinski definition) is 2. The van der Waals surface area contributed by atoms with E-state index in [1.54, 1.807) is 0 Å². The Kier molecular flexibility index (Phi) is 6.77. The third-order valence-electron chi connectivity index (χ3n) is 4.48. The lowest BCUT2D eigenvalue weighted by Gasteiger charge is -2.42. The summed E-state index contributed by atoms with van der Waals surface area (Å²) in [6.45, 7) is 21.3. The summed E-state index contributed by atoms with van der Waals surface area (Å²) in [7, 11) is 0. The van der Waals surface area contributed by atoms with Crippen molar-refractivity contribution in [3.05, 3.63) is 0 Å². The summed E-state index contributed by atoms with van der Waals surface area (Å²) in [5.41, 5.74) is -0.546. The van der Waals surface area contributed by atoms with Crippen molar-refractivity contribution in [2.75, 3.05) is 0 Å². The summed E-state index contributed by atoms with van der Waals surface area (Å²) in [6.07, 6.45) is 0.856. The van der Waals surface area contributed by atoms with Crippen LogP contribution in [0.2, 0.25) is 0 Å². The summed E-state index contributed by atoms with van der Waals surface area (Å²) in [5, 5.41) is 0. The van der Waals surface area contributed by atoms with Gasteiger partial charge in [0.25, 0.3) is 0 Å². The van der Waals surface area contributed by atoms with Crippen LogP contribution < -0.4 is 0 Å². The number of hydrogen-bond donors (Lipinski definition) is 0. The molecule has 0 rings (SSSR count). The van der Waals surface area contributed by atoms with E-state index in [9.17, 15) is 4.79 Å². The molecule has 20 heavy (non-hydrogen) atoms. The fourth-order valence-electron chi connectivity index (χ4n) is 2.81. The van der Waals surface area contributed by atoms with Crippen LogP contribution in [0.4, 0.5) is 0 Å². The molecule has 0 bridgehead atoms. The van der Waals surface area contributed by atoms with E-state index in [2.05, 4.69) is 69.2 Å². The van der Waals surface area contributed by atoms with Crippen LogP contribution in [0, 0.1) is 28.6 Å². The Morgan fingerprint density at radius 2 is 1.30 bits per heavy atom. The number of rotatable bonds is 6. The van der Waals surface area contributed by atoms with E-state index < -0.39 is 5.41 Å². The minimum atomic E-state index is -0.441. The Morgan fingerprint density at radius 1 is 0.900 bits per heavy atom. The molecule has 0 aromatic rings. The zero-order valence-electron chi connectivity index (χ0n) is 15.3. The van der Waals surface area contributed by atoms with E-state index in [1.807, 2.05) is 0 Å². The van der Waals surface area contributed by atoms with Crippen molar-refractivity contribution in [3.8, 4) is 0 Å². The summed E-state index contributed by atoms with van der Waals surface area (Å²) in [4.78, 5) is 12.8. The predicted octanol–water partition coefficient (Wildman–Crippen LogP) is 5.31. The third-order valence-corrected chi connectivity index (χ3v) is 4.48. The lowest BCUT2D eigenvalue weighted by Crippen LogP contribution is -2.45. The van der Waals surface area contributed by atoms with Gasteiger partial charge in [-0.3, -0.25) is 4.79 Å². The summed E-state index contributed by atoms with van der Waals surface area (Å²) < 4.78 is 5.93. The second-order valence-corrected chi connectivity index (χ2v) is 8.54. The van der Waals surface area contributed by atoms with Crippen LogP contribution in [-0.4, -0.2) is 12.1 Å². The van der Waals surface area contributed by atoms with Crippen LogP contribution >= 0.6 is 0 Å². The number of carbonyl (C=O) groups is 1. The topological polar surface area (TPSA) is 26.3 Å². The summed E-state index contributed by atoms with van der Waals surface area (Å²) in [6, 6.07) is 0. The maximum Gasteiger partial charge on any atom is 0.312 e. The summed E-state index contributed by atoms with van der Waals surface area (Å²) in [5.74, 6) is 1.14. The van der Waals surface area contributed by atoms with Gasteiger partial charge in [0.2, 0.25) is 0 Å². The molecule has 0 saturated carbocycles. The lowest BCUT2D eigenvalue weighted by molar-refractivity contribution is -0.174. The number of carbonyl (C=O) groups excluding carboxylic acids is 1. The molecule has 1 unspecified atom stereocenters. The quantitative estimate of drug-likeness (QED) is 0.618. The van der Waals surface area contributed by atoms with Crippen molar-refractivity contribution in [3.63, 3.8) is 0 Å². The zero-order valence-corrected chi connectivity index (χ0v) is 15.3. The van der Waals surface area contributed by atoms with E-state index >= 15 is 0 Å². The monoisotopic (exact) mass is 284 g/mol. The molecule has 0 aliphatic heterocycles. The van der Waals surface area contributed by atoms with Gasteiger partial charge >= 0.3 is 5.97 Å². The van der Waals surface area contributed by atoms with Crippen LogP contribution in [0.25, 0.3) is 0 Å². The lowest BCUT2D eigenvalue weighted by atomic mass is 9.64. The average molecular weight is 284 g/mol. The molecular weight excluding hydrogens is 248 g/mol. The van der Waals surface area contributed by atoms with Crippen LogP contribution in [0.3, 0.4) is 0 Å². The van der Waals surface area contributed by atoms with E-state index in [4.69, 9.17) is 4.74 Å². The van der Waals surface area contributed by atoms with Crippen molar-refractivity contribution in [2.24, 2.45) is 28.6 Å². The van der Waals surface area contributed by atoms with Gasteiger partial charge in [0.1, 0.15) is 6.10 Å². The molecule has 1 atom stereocenters. The highest BCUT2D eigenvalue weighted by Gasteiger charge is 2.46. The highest BCUT2D eigenvalue weighted by atomic mass is 16.5. The van der Waals surface area contributed by atoms with Gasteiger partial charge in [-0.05, 0) is 36.5 Å². The Morgan fingerprint density at radius 3 is 1.55 bits per heavy atom.